The van der Waals surface area contributed by atoms with Crippen molar-refractivity contribution in [2.45, 2.75) is 39.0 Å². The van der Waals surface area contributed by atoms with Crippen molar-refractivity contribution in [2.24, 2.45) is 0 Å². The summed E-state index contributed by atoms with van der Waals surface area (Å²) in [6.07, 6.45) is 2.17. The number of ether oxygens (including phenoxy) is 2. The van der Waals surface area contributed by atoms with Gasteiger partial charge < -0.3 is 20.1 Å². The van der Waals surface area contributed by atoms with E-state index in [1.807, 2.05) is 6.92 Å². The summed E-state index contributed by atoms with van der Waals surface area (Å²) in [6.45, 7) is 1.92. The number of esters is 2. The monoisotopic (exact) mass is 474 g/mol. The molecule has 0 spiro atoms. The molecule has 0 radical (unpaired) electrons. The number of carbonyl (C=O) groups excluding carboxylic acids is 4. The van der Waals surface area contributed by atoms with Crippen molar-refractivity contribution in [2.75, 3.05) is 23.8 Å². The lowest BCUT2D eigenvalue weighted by Crippen LogP contribution is -2.21. The first-order valence-corrected chi connectivity index (χ1v) is 11.0. The van der Waals surface area contributed by atoms with E-state index in [1.165, 1.54) is 0 Å². The fraction of sp³-hybridized carbons (Fsp3) is 0.333. The number of halogens is 1. The molecule has 2 N–H and O–H groups in total. The molecule has 0 aliphatic rings. The summed E-state index contributed by atoms with van der Waals surface area (Å²) in [5, 5.41) is 5.85. The van der Waals surface area contributed by atoms with Crippen LogP contribution in [0.4, 0.5) is 11.4 Å². The number of hydrogen-bond acceptors (Lipinski definition) is 6. The van der Waals surface area contributed by atoms with E-state index in [4.69, 9.17) is 21.1 Å². The van der Waals surface area contributed by atoms with Gasteiger partial charge in [-0.05, 0) is 61.4 Å². The number of unbranched alkanes of at least 4 members (excludes halogenated alkanes) is 1. The molecule has 2 rings (SSSR count). The average Bonchev–Trinajstić information content (AvgIpc) is 2.80. The van der Waals surface area contributed by atoms with Crippen LogP contribution in [0.1, 0.15) is 49.4 Å². The standard InChI is InChI=1S/C24H27ClN2O6/c1-2-3-15-32-24(31)17-7-11-19(12-8-17)27-22(29)16-33-23(30)6-4-5-21(28)26-20-13-9-18(25)10-14-20/h7-14H,2-6,15-16H2,1H3,(H,26,28)(H,27,29). The Morgan fingerprint density at radius 3 is 2.03 bits per heavy atom. The fourth-order valence-electron chi connectivity index (χ4n) is 2.65. The first-order valence-electron chi connectivity index (χ1n) is 10.7. The van der Waals surface area contributed by atoms with Crippen LogP contribution >= 0.6 is 11.6 Å². The SMILES string of the molecule is CCCCOC(=O)c1ccc(NC(=O)COC(=O)CCCC(=O)Nc2ccc(Cl)cc2)cc1. The van der Waals surface area contributed by atoms with E-state index in [-0.39, 0.29) is 25.2 Å². The molecule has 0 heterocycles. The first kappa shape index (κ1) is 25.9. The predicted molar refractivity (Wildman–Crippen MR) is 125 cm³/mol. The minimum atomic E-state index is -0.574. The van der Waals surface area contributed by atoms with E-state index in [9.17, 15) is 19.2 Å². The maximum atomic E-state index is 12.0. The van der Waals surface area contributed by atoms with E-state index in [1.54, 1.807) is 48.5 Å². The number of hydrogen-bond donors (Lipinski definition) is 2. The molecule has 0 unspecified atom stereocenters. The predicted octanol–water partition coefficient (Wildman–Crippen LogP) is 4.59. The molecule has 2 aromatic carbocycles. The Balaban J connectivity index is 1.63. The second-order valence-electron chi connectivity index (χ2n) is 7.18. The normalized spacial score (nSPS) is 10.2. The molecule has 0 aliphatic heterocycles. The smallest absolute Gasteiger partial charge is 0.338 e. The van der Waals surface area contributed by atoms with Crippen molar-refractivity contribution in [1.29, 1.82) is 0 Å². The highest BCUT2D eigenvalue weighted by Crippen LogP contribution is 2.14. The molecule has 0 atom stereocenters. The molecular formula is C24H27ClN2O6. The topological polar surface area (TPSA) is 111 Å². The zero-order valence-corrected chi connectivity index (χ0v) is 19.2. The quantitative estimate of drug-likeness (QED) is 0.344. The molecule has 0 fully saturated rings. The molecule has 0 aliphatic carbocycles. The lowest BCUT2D eigenvalue weighted by atomic mass is 10.2. The summed E-state index contributed by atoms with van der Waals surface area (Å²) in [4.78, 5) is 47.5. The first-order chi connectivity index (χ1) is 15.9. The minimum Gasteiger partial charge on any atom is -0.462 e. The molecule has 33 heavy (non-hydrogen) atoms. The van der Waals surface area contributed by atoms with E-state index >= 15 is 0 Å². The second kappa shape index (κ2) is 13.9. The maximum absolute atomic E-state index is 12.0. The summed E-state index contributed by atoms with van der Waals surface area (Å²) < 4.78 is 10.1. The van der Waals surface area contributed by atoms with Crippen molar-refractivity contribution in [3.63, 3.8) is 0 Å². The Morgan fingerprint density at radius 2 is 1.39 bits per heavy atom. The summed E-state index contributed by atoms with van der Waals surface area (Å²) >= 11 is 5.79. The zero-order chi connectivity index (χ0) is 24.1. The lowest BCUT2D eigenvalue weighted by molar-refractivity contribution is -0.147. The van der Waals surface area contributed by atoms with Gasteiger partial charge in [-0.1, -0.05) is 24.9 Å². The van der Waals surface area contributed by atoms with Crippen molar-refractivity contribution in [3.05, 3.63) is 59.1 Å². The Bertz CT molecular complexity index is 944. The summed E-state index contributed by atoms with van der Waals surface area (Å²) in [5.41, 5.74) is 1.46. The highest BCUT2D eigenvalue weighted by Gasteiger charge is 2.11. The van der Waals surface area contributed by atoms with Gasteiger partial charge in [-0.2, -0.15) is 0 Å². The molecule has 2 aromatic rings. The maximum Gasteiger partial charge on any atom is 0.338 e. The van der Waals surface area contributed by atoms with Gasteiger partial charge in [0.2, 0.25) is 5.91 Å². The minimum absolute atomic E-state index is 0.0101. The third-order valence-electron chi connectivity index (χ3n) is 4.41. The Kier molecular flexibility index (Phi) is 10.9. The average molecular weight is 475 g/mol. The highest BCUT2D eigenvalue weighted by atomic mass is 35.5. The fourth-order valence-corrected chi connectivity index (χ4v) is 2.77. The van der Waals surface area contributed by atoms with Crippen LogP contribution in [-0.2, 0) is 23.9 Å². The van der Waals surface area contributed by atoms with Crippen LogP contribution in [-0.4, -0.2) is 37.0 Å². The van der Waals surface area contributed by atoms with E-state index in [2.05, 4.69) is 10.6 Å². The van der Waals surface area contributed by atoms with Crippen LogP contribution in [0.3, 0.4) is 0 Å². The third kappa shape index (κ3) is 10.2. The zero-order valence-electron chi connectivity index (χ0n) is 18.4. The van der Waals surface area contributed by atoms with Gasteiger partial charge in [-0.25, -0.2) is 4.79 Å². The highest BCUT2D eigenvalue weighted by molar-refractivity contribution is 6.30. The molecular weight excluding hydrogens is 448 g/mol. The Labute approximate surface area is 197 Å². The van der Waals surface area contributed by atoms with Crippen LogP contribution in [0.15, 0.2) is 48.5 Å². The van der Waals surface area contributed by atoms with Crippen LogP contribution in [0.25, 0.3) is 0 Å². The number of nitrogens with one attached hydrogen (secondary N) is 2. The van der Waals surface area contributed by atoms with Gasteiger partial charge in [-0.15, -0.1) is 0 Å². The molecule has 2 amide bonds. The van der Waals surface area contributed by atoms with Gasteiger partial charge in [-0.3, -0.25) is 14.4 Å². The number of rotatable bonds is 12. The Morgan fingerprint density at radius 1 is 0.788 bits per heavy atom. The van der Waals surface area contributed by atoms with Crippen molar-refractivity contribution in [3.8, 4) is 0 Å². The van der Waals surface area contributed by atoms with Gasteiger partial charge in [0.15, 0.2) is 6.61 Å². The van der Waals surface area contributed by atoms with Crippen LogP contribution < -0.4 is 10.6 Å². The van der Waals surface area contributed by atoms with Gasteiger partial charge in [0.05, 0.1) is 12.2 Å². The van der Waals surface area contributed by atoms with Gasteiger partial charge in [0, 0.05) is 29.2 Å². The number of carbonyl (C=O) groups is 4. The molecule has 9 heteroatoms. The number of anilines is 2. The number of amides is 2. The van der Waals surface area contributed by atoms with Gasteiger partial charge in [0.1, 0.15) is 0 Å². The van der Waals surface area contributed by atoms with Crippen LogP contribution in [0.5, 0.6) is 0 Å². The van der Waals surface area contributed by atoms with Gasteiger partial charge >= 0.3 is 11.9 Å². The molecule has 0 saturated carbocycles. The Hall–Kier alpha value is -3.39. The molecule has 0 bridgehead atoms. The molecule has 176 valence electrons. The van der Waals surface area contributed by atoms with Crippen molar-refractivity contribution >= 4 is 46.7 Å². The summed E-state index contributed by atoms with van der Waals surface area (Å²) in [7, 11) is 0. The van der Waals surface area contributed by atoms with E-state index < -0.39 is 24.5 Å². The van der Waals surface area contributed by atoms with Crippen molar-refractivity contribution in [1.82, 2.24) is 0 Å². The molecule has 8 nitrogen and oxygen atoms in total. The lowest BCUT2D eigenvalue weighted by Gasteiger charge is -2.08. The van der Waals surface area contributed by atoms with Crippen LogP contribution in [0, 0.1) is 0 Å². The van der Waals surface area contributed by atoms with Gasteiger partial charge in [0.25, 0.3) is 5.91 Å². The largest absolute Gasteiger partial charge is 0.462 e. The summed E-state index contributed by atoms with van der Waals surface area (Å²) in [6, 6.07) is 12.9. The third-order valence-corrected chi connectivity index (χ3v) is 4.66. The molecule has 0 saturated heterocycles. The molecule has 0 aromatic heterocycles. The second-order valence-corrected chi connectivity index (χ2v) is 7.62. The van der Waals surface area contributed by atoms with Crippen LogP contribution in [0.2, 0.25) is 5.02 Å². The van der Waals surface area contributed by atoms with E-state index in [0.717, 1.165) is 12.8 Å². The van der Waals surface area contributed by atoms with Crippen molar-refractivity contribution < 1.29 is 28.7 Å². The summed E-state index contributed by atoms with van der Waals surface area (Å²) in [5.74, 6) is -1.74. The van der Waals surface area contributed by atoms with E-state index in [0.29, 0.717) is 28.6 Å². The number of benzene rings is 2.